The summed E-state index contributed by atoms with van der Waals surface area (Å²) < 4.78 is 2.56. The molecule has 0 radical (unpaired) electrons. The molecule has 0 aromatic heterocycles. The highest BCUT2D eigenvalue weighted by Crippen LogP contribution is 2.40. The van der Waals surface area contributed by atoms with E-state index in [4.69, 9.17) is 33.2 Å². The number of hydrogen-bond donors (Lipinski definition) is 0. The summed E-state index contributed by atoms with van der Waals surface area (Å²) in [4.78, 5) is 0. The fourth-order valence-electron chi connectivity index (χ4n) is 1.67. The molecule has 0 N–H and O–H groups in total. The maximum atomic E-state index is 6.10. The minimum absolute atomic E-state index is 0.718. The Morgan fingerprint density at radius 2 is 1.42 bits per heavy atom. The van der Waals surface area contributed by atoms with Gasteiger partial charge in [0.05, 0.1) is 0 Å². The van der Waals surface area contributed by atoms with Crippen LogP contribution in [0, 0.1) is 0 Å². The van der Waals surface area contributed by atoms with Crippen LogP contribution in [-0.2, 0) is 0 Å². The molecule has 0 amide bonds. The van der Waals surface area contributed by atoms with E-state index in [9.17, 15) is 0 Å². The molecule has 19 heavy (non-hydrogen) atoms. The highest BCUT2D eigenvalue weighted by atomic mass is 79.9. The number of hydrogen-bond acceptors (Lipinski definition) is 0. The molecule has 0 nitrogen and oxygen atoms in total. The summed E-state index contributed by atoms with van der Waals surface area (Å²) in [5, 5.41) is 0.718. The quantitative estimate of drug-likeness (QED) is 0.239. The van der Waals surface area contributed by atoms with Crippen LogP contribution < -0.4 is 5.19 Å². The molecule has 100 valence electrons. The summed E-state index contributed by atoms with van der Waals surface area (Å²) in [7, 11) is 0. The molecule has 0 aliphatic rings. The van der Waals surface area contributed by atoms with Gasteiger partial charge in [0.15, 0.2) is 0 Å². The van der Waals surface area contributed by atoms with Crippen LogP contribution in [-0.4, -0.2) is 6.00 Å². The van der Waals surface area contributed by atoms with Crippen LogP contribution in [0.2, 0.25) is 0 Å². The Labute approximate surface area is 151 Å². The lowest BCUT2D eigenvalue weighted by molar-refractivity contribution is 1.54. The Morgan fingerprint density at radius 1 is 0.842 bits per heavy atom. The Kier molecular flexibility index (Phi) is 5.49. The molecule has 0 aliphatic carbocycles. The zero-order chi connectivity index (χ0) is 14.2. The maximum absolute atomic E-state index is 6.10. The van der Waals surface area contributed by atoms with Crippen LogP contribution in [0.25, 0.3) is 11.1 Å². The van der Waals surface area contributed by atoms with Crippen molar-refractivity contribution in [2.75, 3.05) is 0 Å². The largest absolute Gasteiger partial charge is 0.374 e. The molecular formula is C12H6Br3Cl3Si. The van der Waals surface area contributed by atoms with Crippen LogP contribution in [0.1, 0.15) is 0 Å². The third-order valence-electron chi connectivity index (χ3n) is 2.53. The minimum atomic E-state index is -2.95. The Morgan fingerprint density at radius 3 is 1.95 bits per heavy atom. The van der Waals surface area contributed by atoms with E-state index in [0.717, 1.165) is 29.7 Å². The smallest absolute Gasteiger partial charge is 0.121 e. The zero-order valence-electron chi connectivity index (χ0n) is 9.23. The summed E-state index contributed by atoms with van der Waals surface area (Å²) in [6.45, 7) is 0. The first-order valence-electron chi connectivity index (χ1n) is 5.12. The van der Waals surface area contributed by atoms with Gasteiger partial charge in [0.25, 0.3) is 0 Å². The van der Waals surface area contributed by atoms with E-state index < -0.39 is 6.00 Å². The van der Waals surface area contributed by atoms with Crippen molar-refractivity contribution in [1.82, 2.24) is 0 Å². The van der Waals surface area contributed by atoms with Gasteiger partial charge in [0.2, 0.25) is 0 Å². The van der Waals surface area contributed by atoms with E-state index in [0.29, 0.717) is 0 Å². The van der Waals surface area contributed by atoms with Gasteiger partial charge >= 0.3 is 6.00 Å². The monoisotopic (exact) mass is 520 g/mol. The number of benzene rings is 2. The minimum Gasteiger partial charge on any atom is -0.121 e. The molecular weight excluding hydrogens is 518 g/mol. The van der Waals surface area contributed by atoms with Gasteiger partial charge in [-0.05, 0) is 43.5 Å². The van der Waals surface area contributed by atoms with Gasteiger partial charge in [-0.25, -0.2) is 0 Å². The summed E-state index contributed by atoms with van der Waals surface area (Å²) in [5.41, 5.74) is 2.11. The molecule has 0 saturated heterocycles. The molecule has 0 spiro atoms. The van der Waals surface area contributed by atoms with Crippen molar-refractivity contribution in [2.24, 2.45) is 0 Å². The van der Waals surface area contributed by atoms with Gasteiger partial charge in [-0.3, -0.25) is 0 Å². The van der Waals surface area contributed by atoms with Crippen LogP contribution in [0.3, 0.4) is 0 Å². The lowest BCUT2D eigenvalue weighted by Crippen LogP contribution is -2.31. The first-order valence-corrected chi connectivity index (χ1v) is 12.5. The molecule has 0 bridgehead atoms. The highest BCUT2D eigenvalue weighted by Gasteiger charge is 2.33. The van der Waals surface area contributed by atoms with E-state index in [1.165, 1.54) is 0 Å². The van der Waals surface area contributed by atoms with Crippen molar-refractivity contribution in [3.8, 4) is 11.1 Å². The Hall–Kier alpha value is 0.967. The van der Waals surface area contributed by atoms with E-state index in [1.807, 2.05) is 36.4 Å². The van der Waals surface area contributed by atoms with Crippen molar-refractivity contribution in [3.63, 3.8) is 0 Å². The van der Waals surface area contributed by atoms with Crippen molar-refractivity contribution in [3.05, 3.63) is 49.8 Å². The SMILES string of the molecule is Cl[Si](Cl)(Cl)c1cc(Br)c(-c2ccccc2)c(Br)c1Br. The van der Waals surface area contributed by atoms with Crippen LogP contribution >= 0.6 is 81.0 Å². The second-order valence-corrected chi connectivity index (χ2v) is 14.6. The molecule has 0 aliphatic heterocycles. The predicted molar refractivity (Wildman–Crippen MR) is 97.9 cm³/mol. The fourth-order valence-corrected chi connectivity index (χ4v) is 7.90. The number of rotatable bonds is 2. The van der Waals surface area contributed by atoms with Crippen LogP contribution in [0.4, 0.5) is 0 Å². The summed E-state index contributed by atoms with van der Waals surface area (Å²) in [6, 6.07) is 8.93. The van der Waals surface area contributed by atoms with E-state index in [1.54, 1.807) is 0 Å². The van der Waals surface area contributed by atoms with Gasteiger partial charge < -0.3 is 0 Å². The van der Waals surface area contributed by atoms with Crippen molar-refractivity contribution in [1.29, 1.82) is 0 Å². The Balaban J connectivity index is 2.70. The molecule has 0 fully saturated rings. The second-order valence-electron chi connectivity index (χ2n) is 3.77. The zero-order valence-corrected chi connectivity index (χ0v) is 17.3. The molecule has 0 unspecified atom stereocenters. The van der Waals surface area contributed by atoms with Gasteiger partial charge in [0.1, 0.15) is 0 Å². The third-order valence-corrected chi connectivity index (χ3v) is 8.50. The van der Waals surface area contributed by atoms with E-state index in [2.05, 4.69) is 47.8 Å². The van der Waals surface area contributed by atoms with Crippen molar-refractivity contribution in [2.45, 2.75) is 0 Å². The molecule has 2 rings (SSSR count). The van der Waals surface area contributed by atoms with Crippen LogP contribution in [0.15, 0.2) is 49.8 Å². The average Bonchev–Trinajstić information content (AvgIpc) is 2.34. The molecule has 7 heteroatoms. The second kappa shape index (κ2) is 6.38. The first kappa shape index (κ1) is 16.3. The average molecular weight is 524 g/mol. The summed E-state index contributed by atoms with van der Waals surface area (Å²) >= 11 is 29.0. The lowest BCUT2D eigenvalue weighted by atomic mass is 10.1. The van der Waals surface area contributed by atoms with Gasteiger partial charge in [-0.2, -0.15) is 0 Å². The lowest BCUT2D eigenvalue weighted by Gasteiger charge is -2.17. The standard InChI is InChI=1S/C12H6Br3Cl3Si/c13-8-6-9(19(16,17)18)11(14)12(15)10(8)7-4-2-1-3-5-7/h1-6H. The topological polar surface area (TPSA) is 0 Å². The molecule has 0 heterocycles. The Bertz CT molecular complexity index is 612. The molecule has 0 atom stereocenters. The van der Waals surface area contributed by atoms with Crippen molar-refractivity contribution < 1.29 is 0 Å². The highest BCUT2D eigenvalue weighted by molar-refractivity contribution is 9.13. The molecule has 0 saturated carbocycles. The predicted octanol–water partition coefficient (Wildman–Crippen LogP) is 6.50. The van der Waals surface area contributed by atoms with Crippen LogP contribution in [0.5, 0.6) is 0 Å². The molecule has 2 aromatic rings. The number of halogens is 6. The van der Waals surface area contributed by atoms with E-state index in [-0.39, 0.29) is 0 Å². The first-order chi connectivity index (χ1) is 8.82. The van der Waals surface area contributed by atoms with Gasteiger partial charge in [0, 0.05) is 24.2 Å². The van der Waals surface area contributed by atoms with Gasteiger partial charge in [-0.15, -0.1) is 33.2 Å². The maximum Gasteiger partial charge on any atom is 0.374 e. The summed E-state index contributed by atoms with van der Waals surface area (Å²) in [5.74, 6) is 0. The van der Waals surface area contributed by atoms with Crippen molar-refractivity contribution >= 4 is 92.2 Å². The van der Waals surface area contributed by atoms with Gasteiger partial charge in [-0.1, -0.05) is 46.3 Å². The summed E-state index contributed by atoms with van der Waals surface area (Å²) in [6.07, 6.45) is 0. The third kappa shape index (κ3) is 3.60. The fraction of sp³-hybridized carbons (Fsp3) is 0. The molecule has 2 aromatic carbocycles. The normalized spacial score (nSPS) is 11.7. The van der Waals surface area contributed by atoms with E-state index >= 15 is 0 Å².